The van der Waals surface area contributed by atoms with Crippen molar-refractivity contribution in [1.29, 1.82) is 0 Å². The number of hydrogen-bond donors (Lipinski definition) is 15. The van der Waals surface area contributed by atoms with E-state index in [0.29, 0.717) is 0 Å². The van der Waals surface area contributed by atoms with Gasteiger partial charge in [0.2, 0.25) is 29.5 Å². The molecule has 0 fully saturated rings. The number of aromatic nitrogens is 5. The summed E-state index contributed by atoms with van der Waals surface area (Å²) in [5, 5.41) is 89.3. The Labute approximate surface area is 615 Å². The van der Waals surface area contributed by atoms with Crippen LogP contribution in [-0.4, -0.2) is 185 Å². The minimum Gasteiger partial charge on any atom is -0.455 e. The van der Waals surface area contributed by atoms with Crippen molar-refractivity contribution in [2.45, 2.75) is 178 Å². The number of nitrogens with two attached hydrogens (primary N) is 1. The molecule has 5 aliphatic rings. The highest BCUT2D eigenvalue weighted by atomic mass is 32.2. The number of aliphatic imine (C=N–C) groups is 2. The molecule has 13 bridgehead atoms. The first-order valence-corrected chi connectivity index (χ1v) is 37.4. The number of aliphatic hydroxyl groups excluding tert-OH is 4. The molecule has 0 aromatic carbocycles. The molecule has 548 valence electrons. The Morgan fingerprint density at radius 1 is 0.786 bits per heavy atom. The number of carbonyl (C=O) groups is 9. The van der Waals surface area contributed by atoms with Gasteiger partial charge in [0.1, 0.15) is 118 Å². The maximum absolute atomic E-state index is 15.2. The highest BCUT2D eigenvalue weighted by Crippen LogP contribution is 2.48. The molecule has 38 heteroatoms. The first-order valence-electron chi connectivity index (χ1n) is 32.5. The number of amides is 8. The van der Waals surface area contributed by atoms with Gasteiger partial charge in [-0.2, -0.15) is 0 Å². The van der Waals surface area contributed by atoms with Gasteiger partial charge in [-0.05, 0) is 85.8 Å². The number of rotatable bonds is 7. The van der Waals surface area contributed by atoms with Crippen LogP contribution >= 0.6 is 69.3 Å². The standard InChI is InChI=1S/C65H77N17O15S6/c1-12-33-58-76-39(20-100-58)54(92)81-48(64(11,96)30(10)85)61-77-41(22-102-61)57(98)80-44-29(9)97-62(95)36-17-32(27(7)83)31-13-14-34(46(86)45(31)71-36)70-42(23(2)3)55(93)69-25(5)51(89)67-24(4)50(88)68-26(6)52(90)82-65(63-78-40(21-103-63)53(91)79-43(28(8)84)56(94)73-33)16-15-35(59-75-38(19-99-59)49(66)87)72-47(65)37-18-101-60(44)74-37/h12-14,17-19,21-23,25-30,34,39,42-44,46-48,70,83-86,96H,4,15-16,20H2,1-3,5-11H3,(H2,66,87)(H,67,89)(H,68,88)(H,69,93)(H,73,94)(H,79,91)(H,80,98)(H,81,92)(H,82,90)/b33-12-/t25?,26-,27?,28?,29?,30?,34?,39?,42?,43?,44?,46-,47+,48?,64?,65+/m0/s1. The number of fused-ring (bicyclic) bond motifs is 7. The zero-order valence-corrected chi connectivity index (χ0v) is 62.0. The number of cyclic esters (lactones) is 1. The number of nitrogens with zero attached hydrogens (tertiary/aromatic N) is 7. The second-order valence-corrected chi connectivity index (χ2v) is 30.7. The monoisotopic (exact) mass is 1530 g/mol. The number of hydrogen-bond acceptors (Lipinski definition) is 29. The topological polar surface area (TPSA) is 487 Å². The molecule has 12 unspecified atom stereocenters. The van der Waals surface area contributed by atoms with E-state index < -0.39 is 161 Å². The van der Waals surface area contributed by atoms with Crippen LogP contribution in [0.25, 0.3) is 6.08 Å². The van der Waals surface area contributed by atoms with Crippen LogP contribution in [0, 0.1) is 5.92 Å². The van der Waals surface area contributed by atoms with E-state index in [-0.39, 0.29) is 105 Å². The lowest BCUT2D eigenvalue weighted by Gasteiger charge is -2.41. The second kappa shape index (κ2) is 31.4. The molecule has 16 N–H and O–H groups in total. The maximum Gasteiger partial charge on any atom is 0.357 e. The number of esters is 1. The predicted octanol–water partition coefficient (Wildman–Crippen LogP) is 1.66. The largest absolute Gasteiger partial charge is 0.455 e. The fraction of sp³-hybridized carbons (Fsp3) is 0.462. The fourth-order valence-electron chi connectivity index (χ4n) is 11.6. The number of thioether (sulfide) groups is 1. The van der Waals surface area contributed by atoms with Crippen LogP contribution in [0.2, 0.25) is 0 Å². The van der Waals surface area contributed by atoms with Crippen molar-refractivity contribution >= 4 is 144 Å². The Morgan fingerprint density at radius 3 is 2.17 bits per heavy atom. The summed E-state index contributed by atoms with van der Waals surface area (Å²) in [5.41, 5.74) is 1.28. The summed E-state index contributed by atoms with van der Waals surface area (Å²) in [5.74, 6) is -8.42. The third kappa shape index (κ3) is 16.4. The number of aliphatic hydroxyl groups is 5. The summed E-state index contributed by atoms with van der Waals surface area (Å²) >= 11 is 11.1. The van der Waals surface area contributed by atoms with Crippen molar-refractivity contribution in [2.75, 3.05) is 5.75 Å². The molecule has 16 atom stereocenters. The summed E-state index contributed by atoms with van der Waals surface area (Å²) < 4.78 is 6.32. The summed E-state index contributed by atoms with van der Waals surface area (Å²) in [6.45, 7) is 18.3. The van der Waals surface area contributed by atoms with Gasteiger partial charge in [0, 0.05) is 32.8 Å². The Morgan fingerprint density at radius 2 is 1.50 bits per heavy atom. The van der Waals surface area contributed by atoms with Crippen LogP contribution in [0.4, 0.5) is 0 Å². The van der Waals surface area contributed by atoms with Crippen molar-refractivity contribution in [3.8, 4) is 0 Å². The van der Waals surface area contributed by atoms with E-state index in [1.165, 1.54) is 76.7 Å². The molecule has 10 rings (SSSR count). The molecule has 5 aromatic rings. The molecule has 9 heterocycles. The number of primary amides is 1. The lowest BCUT2D eigenvalue weighted by molar-refractivity contribution is -0.131. The number of nitrogens with one attached hydrogen (secondary N) is 9. The van der Waals surface area contributed by atoms with Gasteiger partial charge in [0.05, 0.1) is 58.9 Å². The van der Waals surface area contributed by atoms with Crippen LogP contribution in [-0.2, 0) is 39.0 Å². The van der Waals surface area contributed by atoms with Crippen LogP contribution in [0.3, 0.4) is 0 Å². The number of thiocarbonyl (C=S) groups is 1. The SMILES string of the molecule is C=C1NC(=O)C(C)NC(=O)C(C(C)C)NC2C=Cc3c(C(C)O)cc(nc3[C@H]2O)C(=O)OC(C)C2NC(=S)c3csc(n3)C(C(C)(O)C(C)O)NC(=O)C3CSC(=N3)/C(=C/C)NC(=O)C(C(C)O)NC(=O)c3csc(n3)[C@]3(CCC(c4nc(C(N)=O)cs4)=N[C@@H]3c3csc2n3)NC(=O)[C@H](C)NC1=O. The normalized spacial score (nSPS) is 28.4. The molecular formula is C65H77N17O15S6. The Bertz CT molecular complexity index is 4370. The average molecular weight is 1530 g/mol. The van der Waals surface area contributed by atoms with Crippen LogP contribution in [0.5, 0.6) is 0 Å². The minimum absolute atomic E-state index is 0.00683. The third-order valence-electron chi connectivity index (χ3n) is 17.8. The second-order valence-electron chi connectivity index (χ2n) is 25.8. The molecule has 0 radical (unpaired) electrons. The zero-order chi connectivity index (χ0) is 75.0. The van der Waals surface area contributed by atoms with E-state index in [4.69, 9.17) is 42.6 Å². The van der Waals surface area contributed by atoms with Gasteiger partial charge in [-0.3, -0.25) is 53.7 Å². The smallest absolute Gasteiger partial charge is 0.357 e. The molecule has 1 aliphatic carbocycles. The first-order chi connectivity index (χ1) is 48.6. The van der Waals surface area contributed by atoms with Gasteiger partial charge in [-0.1, -0.05) is 50.9 Å². The van der Waals surface area contributed by atoms with Crippen LogP contribution < -0.4 is 53.6 Å². The predicted molar refractivity (Wildman–Crippen MR) is 386 cm³/mol. The lowest BCUT2D eigenvalue weighted by atomic mass is 9.80. The Kier molecular flexibility index (Phi) is 23.5. The molecule has 5 aromatic heterocycles. The Balaban J connectivity index is 1.17. The lowest BCUT2D eigenvalue weighted by Crippen LogP contribution is -2.57. The molecule has 4 aliphatic heterocycles. The van der Waals surface area contributed by atoms with Gasteiger partial charge < -0.3 is 78.5 Å². The van der Waals surface area contributed by atoms with Crippen molar-refractivity contribution in [2.24, 2.45) is 21.6 Å². The maximum atomic E-state index is 15.2. The molecule has 103 heavy (non-hydrogen) atoms. The van der Waals surface area contributed by atoms with E-state index >= 15 is 4.79 Å². The Hall–Kier alpha value is -8.54. The zero-order valence-electron chi connectivity index (χ0n) is 57.1. The molecule has 32 nitrogen and oxygen atoms in total. The summed E-state index contributed by atoms with van der Waals surface area (Å²) in [6, 6.07) is -10.6. The summed E-state index contributed by atoms with van der Waals surface area (Å²) in [6.07, 6.45) is -2.76. The van der Waals surface area contributed by atoms with Gasteiger partial charge in [0.25, 0.3) is 17.7 Å². The molecule has 8 amide bonds. The summed E-state index contributed by atoms with van der Waals surface area (Å²) in [7, 11) is 0. The number of pyridine rings is 1. The van der Waals surface area contributed by atoms with Crippen molar-refractivity contribution < 1.29 is 73.4 Å². The van der Waals surface area contributed by atoms with Crippen molar-refractivity contribution in [1.82, 2.24) is 72.8 Å². The quantitative estimate of drug-likeness (QED) is 0.0626. The molecule has 0 saturated heterocycles. The van der Waals surface area contributed by atoms with E-state index in [1.54, 1.807) is 38.3 Å². The summed E-state index contributed by atoms with van der Waals surface area (Å²) in [4.78, 5) is 162. The van der Waals surface area contributed by atoms with Crippen molar-refractivity contribution in [3.63, 3.8) is 0 Å². The molecule has 0 saturated carbocycles. The number of thiazole rings is 4. The van der Waals surface area contributed by atoms with E-state index in [2.05, 4.69) is 69.4 Å². The van der Waals surface area contributed by atoms with Gasteiger partial charge in [0.15, 0.2) is 0 Å². The number of carbonyl (C=O) groups excluding carboxylic acids is 9. The van der Waals surface area contributed by atoms with Crippen LogP contribution in [0.15, 0.2) is 67.7 Å². The van der Waals surface area contributed by atoms with Crippen molar-refractivity contribution in [3.05, 3.63) is 123 Å². The number of allylic oxidation sites excluding steroid dienone is 1. The fourth-order valence-corrected chi connectivity index (χ4v) is 16.8. The van der Waals surface area contributed by atoms with Gasteiger partial charge in [-0.15, -0.1) is 57.1 Å². The highest BCUT2D eigenvalue weighted by molar-refractivity contribution is 8.14. The minimum atomic E-state index is -2.10. The number of ether oxygens (including phenoxy) is 1. The van der Waals surface area contributed by atoms with Crippen LogP contribution in [0.1, 0.15) is 192 Å². The van der Waals surface area contributed by atoms with Gasteiger partial charge in [-0.25, -0.2) is 29.7 Å². The molecular weight excluding hydrogens is 1450 g/mol. The van der Waals surface area contributed by atoms with E-state index in [1.807, 2.05) is 0 Å². The van der Waals surface area contributed by atoms with E-state index in [0.717, 1.165) is 57.1 Å². The molecule has 0 spiro atoms. The first kappa shape index (κ1) is 77.1. The average Bonchev–Trinajstić information content (AvgIpc) is 1.71. The highest BCUT2D eigenvalue weighted by Gasteiger charge is 2.51. The van der Waals surface area contributed by atoms with E-state index in [9.17, 15) is 63.9 Å². The third-order valence-corrected chi connectivity index (χ3v) is 23.0. The van der Waals surface area contributed by atoms with Gasteiger partial charge >= 0.3 is 5.97 Å².